The van der Waals surface area contributed by atoms with Crippen LogP contribution >= 0.6 is 0 Å². The SMILES string of the molecule is C[C@@H](c1ccccc1)[C@H](CC(=O)NCc1ccccc1)C(=O)O. The van der Waals surface area contributed by atoms with Crippen LogP contribution in [0.3, 0.4) is 0 Å². The van der Waals surface area contributed by atoms with Gasteiger partial charge in [0.25, 0.3) is 0 Å². The topological polar surface area (TPSA) is 66.4 Å². The lowest BCUT2D eigenvalue weighted by atomic mass is 9.85. The van der Waals surface area contributed by atoms with Crippen LogP contribution in [-0.4, -0.2) is 17.0 Å². The van der Waals surface area contributed by atoms with E-state index in [9.17, 15) is 14.7 Å². The van der Waals surface area contributed by atoms with Gasteiger partial charge in [0, 0.05) is 13.0 Å². The standard InChI is InChI=1S/C19H21NO3/c1-14(16-10-6-3-7-11-16)17(19(22)23)12-18(21)20-13-15-8-4-2-5-9-15/h2-11,14,17H,12-13H2,1H3,(H,20,21)(H,22,23)/t14-,17-/m0/s1. The number of amides is 1. The molecule has 0 aliphatic carbocycles. The minimum atomic E-state index is -0.948. The number of aliphatic carboxylic acids is 1. The van der Waals surface area contributed by atoms with E-state index in [4.69, 9.17) is 0 Å². The second-order valence-corrected chi connectivity index (χ2v) is 5.61. The Hall–Kier alpha value is -2.62. The summed E-state index contributed by atoms with van der Waals surface area (Å²) in [6.45, 7) is 2.25. The highest BCUT2D eigenvalue weighted by Crippen LogP contribution is 2.27. The number of rotatable bonds is 7. The van der Waals surface area contributed by atoms with E-state index in [2.05, 4.69) is 5.32 Å². The summed E-state index contributed by atoms with van der Waals surface area (Å²) in [6, 6.07) is 19.0. The maximum Gasteiger partial charge on any atom is 0.307 e. The molecule has 0 saturated heterocycles. The van der Waals surface area contributed by atoms with Crippen molar-refractivity contribution in [2.75, 3.05) is 0 Å². The van der Waals surface area contributed by atoms with Crippen molar-refractivity contribution in [2.24, 2.45) is 5.92 Å². The first-order valence-corrected chi connectivity index (χ1v) is 7.66. The number of carboxylic acid groups (broad SMARTS) is 1. The maximum absolute atomic E-state index is 12.1. The van der Waals surface area contributed by atoms with E-state index in [1.54, 1.807) is 0 Å². The van der Waals surface area contributed by atoms with Crippen LogP contribution in [-0.2, 0) is 16.1 Å². The molecule has 0 radical (unpaired) electrons. The lowest BCUT2D eigenvalue weighted by Crippen LogP contribution is -2.30. The number of carbonyl (C=O) groups is 2. The lowest BCUT2D eigenvalue weighted by molar-refractivity contribution is -0.144. The molecule has 1 amide bonds. The van der Waals surface area contributed by atoms with E-state index >= 15 is 0 Å². The summed E-state index contributed by atoms with van der Waals surface area (Å²) in [5.74, 6) is -2.16. The summed E-state index contributed by atoms with van der Waals surface area (Å²) in [5, 5.41) is 12.2. The van der Waals surface area contributed by atoms with Crippen LogP contribution in [0.1, 0.15) is 30.4 Å². The largest absolute Gasteiger partial charge is 0.481 e. The zero-order chi connectivity index (χ0) is 16.7. The Morgan fingerprint density at radius 1 is 1.00 bits per heavy atom. The number of nitrogens with one attached hydrogen (secondary N) is 1. The molecule has 0 spiro atoms. The smallest absolute Gasteiger partial charge is 0.307 e. The van der Waals surface area contributed by atoms with Crippen LogP contribution in [0.15, 0.2) is 60.7 Å². The van der Waals surface area contributed by atoms with Crippen LogP contribution in [0.5, 0.6) is 0 Å². The van der Waals surface area contributed by atoms with Gasteiger partial charge in [0.05, 0.1) is 5.92 Å². The van der Waals surface area contributed by atoms with Crippen LogP contribution < -0.4 is 5.32 Å². The summed E-state index contributed by atoms with van der Waals surface area (Å²) in [7, 11) is 0. The van der Waals surface area contributed by atoms with E-state index in [0.717, 1.165) is 11.1 Å². The van der Waals surface area contributed by atoms with Gasteiger partial charge in [-0.25, -0.2) is 0 Å². The molecule has 0 unspecified atom stereocenters. The Kier molecular flexibility index (Phi) is 5.92. The van der Waals surface area contributed by atoms with Crippen molar-refractivity contribution < 1.29 is 14.7 Å². The third-order valence-electron chi connectivity index (χ3n) is 3.98. The van der Waals surface area contributed by atoms with Crippen LogP contribution in [0.4, 0.5) is 0 Å². The number of carboxylic acids is 1. The third-order valence-corrected chi connectivity index (χ3v) is 3.98. The van der Waals surface area contributed by atoms with Gasteiger partial charge in [-0.2, -0.15) is 0 Å². The zero-order valence-electron chi connectivity index (χ0n) is 13.1. The highest BCUT2D eigenvalue weighted by molar-refractivity contribution is 5.82. The van der Waals surface area contributed by atoms with Gasteiger partial charge in [-0.05, 0) is 17.0 Å². The third kappa shape index (κ3) is 4.95. The number of hydrogen-bond acceptors (Lipinski definition) is 2. The number of carbonyl (C=O) groups excluding carboxylic acids is 1. The average molecular weight is 311 g/mol. The molecular weight excluding hydrogens is 290 g/mol. The van der Waals surface area contributed by atoms with E-state index in [1.807, 2.05) is 67.6 Å². The summed E-state index contributed by atoms with van der Waals surface area (Å²) in [5.41, 5.74) is 1.92. The molecule has 2 aromatic rings. The number of benzene rings is 2. The van der Waals surface area contributed by atoms with Crippen LogP contribution in [0.2, 0.25) is 0 Å². The minimum absolute atomic E-state index is 0.0295. The van der Waals surface area contributed by atoms with Crippen molar-refractivity contribution in [3.8, 4) is 0 Å². The van der Waals surface area contributed by atoms with Crippen molar-refractivity contribution in [2.45, 2.75) is 25.8 Å². The Morgan fingerprint density at radius 3 is 2.13 bits per heavy atom. The molecule has 0 aliphatic rings. The van der Waals surface area contributed by atoms with Gasteiger partial charge in [-0.15, -0.1) is 0 Å². The first-order valence-electron chi connectivity index (χ1n) is 7.66. The van der Waals surface area contributed by atoms with E-state index in [0.29, 0.717) is 6.54 Å². The predicted molar refractivity (Wildman–Crippen MR) is 88.9 cm³/mol. The molecule has 0 aliphatic heterocycles. The Balaban J connectivity index is 1.96. The lowest BCUT2D eigenvalue weighted by Gasteiger charge is -2.20. The Morgan fingerprint density at radius 2 is 1.57 bits per heavy atom. The molecule has 2 N–H and O–H groups in total. The Labute approximate surface area is 136 Å². The first kappa shape index (κ1) is 16.7. The Bertz CT molecular complexity index is 640. The molecule has 4 nitrogen and oxygen atoms in total. The van der Waals surface area contributed by atoms with Gasteiger partial charge in [0.15, 0.2) is 0 Å². The molecule has 0 aromatic heterocycles. The molecule has 0 bridgehead atoms. The molecule has 2 atom stereocenters. The first-order chi connectivity index (χ1) is 11.1. The summed E-state index contributed by atoms with van der Waals surface area (Å²) in [4.78, 5) is 23.6. The maximum atomic E-state index is 12.1. The normalized spacial score (nSPS) is 13.1. The van der Waals surface area contributed by atoms with Crippen molar-refractivity contribution in [3.05, 3.63) is 71.8 Å². The molecule has 2 aromatic carbocycles. The van der Waals surface area contributed by atoms with Crippen LogP contribution in [0, 0.1) is 5.92 Å². The second-order valence-electron chi connectivity index (χ2n) is 5.61. The molecule has 23 heavy (non-hydrogen) atoms. The summed E-state index contributed by atoms with van der Waals surface area (Å²) in [6.07, 6.45) is -0.0295. The fraction of sp³-hybridized carbons (Fsp3) is 0.263. The molecule has 4 heteroatoms. The van der Waals surface area contributed by atoms with Crippen molar-refractivity contribution in [3.63, 3.8) is 0 Å². The van der Waals surface area contributed by atoms with Crippen LogP contribution in [0.25, 0.3) is 0 Å². The fourth-order valence-electron chi connectivity index (χ4n) is 2.54. The average Bonchev–Trinajstić information content (AvgIpc) is 2.58. The monoisotopic (exact) mass is 311 g/mol. The summed E-state index contributed by atoms with van der Waals surface area (Å²) < 4.78 is 0. The second kappa shape index (κ2) is 8.13. The van der Waals surface area contributed by atoms with Gasteiger partial charge in [0.1, 0.15) is 0 Å². The van der Waals surface area contributed by atoms with E-state index < -0.39 is 11.9 Å². The highest BCUT2D eigenvalue weighted by Gasteiger charge is 2.28. The molecule has 0 saturated carbocycles. The van der Waals surface area contributed by atoms with Crippen molar-refractivity contribution in [1.29, 1.82) is 0 Å². The van der Waals surface area contributed by atoms with Gasteiger partial charge >= 0.3 is 5.97 Å². The summed E-state index contributed by atoms with van der Waals surface area (Å²) >= 11 is 0. The minimum Gasteiger partial charge on any atom is -0.481 e. The van der Waals surface area contributed by atoms with Crippen molar-refractivity contribution in [1.82, 2.24) is 5.32 Å². The van der Waals surface area contributed by atoms with Gasteiger partial charge < -0.3 is 10.4 Å². The molecule has 120 valence electrons. The number of hydrogen-bond donors (Lipinski definition) is 2. The van der Waals surface area contributed by atoms with E-state index in [-0.39, 0.29) is 18.2 Å². The molecule has 2 rings (SSSR count). The fourth-order valence-corrected chi connectivity index (χ4v) is 2.54. The molecule has 0 fully saturated rings. The van der Waals surface area contributed by atoms with Crippen molar-refractivity contribution >= 4 is 11.9 Å². The quantitative estimate of drug-likeness (QED) is 0.825. The van der Waals surface area contributed by atoms with Gasteiger partial charge in [-0.1, -0.05) is 67.6 Å². The molecular formula is C19H21NO3. The highest BCUT2D eigenvalue weighted by atomic mass is 16.4. The zero-order valence-corrected chi connectivity index (χ0v) is 13.1. The van der Waals surface area contributed by atoms with E-state index in [1.165, 1.54) is 0 Å². The molecule has 0 heterocycles. The predicted octanol–water partition coefficient (Wildman–Crippen LogP) is 3.20. The van der Waals surface area contributed by atoms with Gasteiger partial charge in [0.2, 0.25) is 5.91 Å². The van der Waals surface area contributed by atoms with Gasteiger partial charge in [-0.3, -0.25) is 9.59 Å².